The van der Waals surface area contributed by atoms with Crippen LogP contribution in [0.5, 0.6) is 5.88 Å². The quantitative estimate of drug-likeness (QED) is 0.673. The number of sulfonamides is 1. The van der Waals surface area contributed by atoms with E-state index in [4.69, 9.17) is 9.47 Å². The molecule has 1 aliphatic heterocycles. The van der Waals surface area contributed by atoms with Crippen molar-refractivity contribution in [2.24, 2.45) is 0 Å². The van der Waals surface area contributed by atoms with Crippen molar-refractivity contribution in [3.8, 4) is 5.88 Å². The number of ether oxygens (including phenoxy) is 2. The molecule has 1 saturated heterocycles. The lowest BCUT2D eigenvalue weighted by atomic mass is 10.1. The highest BCUT2D eigenvalue weighted by Crippen LogP contribution is 2.21. The monoisotopic (exact) mass is 400 g/mol. The Bertz CT molecular complexity index is 769. The zero-order chi connectivity index (χ0) is 20.2. The van der Waals surface area contributed by atoms with Crippen LogP contribution in [0.15, 0.2) is 6.33 Å². The first-order valence-electron chi connectivity index (χ1n) is 8.88. The molecule has 0 saturated carbocycles. The standard InChI is InChI=1S/C17H28N4O5S/c1-11(2)27(23,24)20-14-6-7-21(15(14)8-25-5)16(22)9-26-17-12(3)13(4)18-10-19-17/h10-11,14-15,20H,6-9H2,1-5H3/t14-,15-/m0/s1. The maximum Gasteiger partial charge on any atom is 0.260 e. The van der Waals surface area contributed by atoms with Crippen molar-refractivity contribution in [1.82, 2.24) is 19.6 Å². The second-order valence-corrected chi connectivity index (χ2v) is 9.16. The number of rotatable bonds is 8. The number of aromatic nitrogens is 2. The predicted octanol–water partition coefficient (Wildman–Crippen LogP) is 0.416. The maximum absolute atomic E-state index is 12.7. The molecule has 9 nitrogen and oxygen atoms in total. The number of carbonyl (C=O) groups is 1. The van der Waals surface area contributed by atoms with Gasteiger partial charge in [-0.3, -0.25) is 4.79 Å². The largest absolute Gasteiger partial charge is 0.467 e. The first-order chi connectivity index (χ1) is 12.7. The zero-order valence-electron chi connectivity index (χ0n) is 16.4. The summed E-state index contributed by atoms with van der Waals surface area (Å²) >= 11 is 0. The predicted molar refractivity (Wildman–Crippen MR) is 100.0 cm³/mol. The number of amides is 1. The van der Waals surface area contributed by atoms with Crippen LogP contribution in [0.4, 0.5) is 0 Å². The summed E-state index contributed by atoms with van der Waals surface area (Å²) in [5.74, 6) is 0.134. The van der Waals surface area contributed by atoms with Crippen LogP contribution in [-0.2, 0) is 19.6 Å². The second kappa shape index (κ2) is 8.94. The van der Waals surface area contributed by atoms with Crippen LogP contribution in [0, 0.1) is 13.8 Å². The Balaban J connectivity index is 2.05. The molecule has 27 heavy (non-hydrogen) atoms. The van der Waals surface area contributed by atoms with E-state index in [-0.39, 0.29) is 31.2 Å². The molecular weight excluding hydrogens is 372 g/mol. The van der Waals surface area contributed by atoms with E-state index in [1.807, 2.05) is 13.8 Å². The lowest BCUT2D eigenvalue weighted by Crippen LogP contribution is -2.51. The van der Waals surface area contributed by atoms with E-state index >= 15 is 0 Å². The van der Waals surface area contributed by atoms with E-state index in [1.54, 1.807) is 18.7 Å². The van der Waals surface area contributed by atoms with Gasteiger partial charge in [-0.05, 0) is 34.1 Å². The van der Waals surface area contributed by atoms with Gasteiger partial charge < -0.3 is 14.4 Å². The third kappa shape index (κ3) is 5.14. The highest BCUT2D eigenvalue weighted by atomic mass is 32.2. The first-order valence-corrected chi connectivity index (χ1v) is 10.4. The molecule has 10 heteroatoms. The molecule has 0 aromatic carbocycles. The van der Waals surface area contributed by atoms with Gasteiger partial charge in [-0.2, -0.15) is 0 Å². The molecule has 0 bridgehead atoms. The average molecular weight is 401 g/mol. The smallest absolute Gasteiger partial charge is 0.260 e. The van der Waals surface area contributed by atoms with Crippen LogP contribution in [0.3, 0.4) is 0 Å². The summed E-state index contributed by atoms with van der Waals surface area (Å²) in [6.45, 7) is 7.39. The van der Waals surface area contributed by atoms with E-state index in [0.29, 0.717) is 18.8 Å². The van der Waals surface area contributed by atoms with Gasteiger partial charge in [0.1, 0.15) is 6.33 Å². The van der Waals surface area contributed by atoms with Gasteiger partial charge in [-0.15, -0.1) is 0 Å². The van der Waals surface area contributed by atoms with Gasteiger partial charge >= 0.3 is 0 Å². The minimum atomic E-state index is -3.44. The van der Waals surface area contributed by atoms with Gasteiger partial charge in [0.05, 0.1) is 17.9 Å². The summed E-state index contributed by atoms with van der Waals surface area (Å²) in [5, 5.41) is -0.544. The fraction of sp³-hybridized carbons (Fsp3) is 0.706. The molecular formula is C17H28N4O5S. The van der Waals surface area contributed by atoms with Crippen molar-refractivity contribution in [2.45, 2.75) is 51.4 Å². The van der Waals surface area contributed by atoms with Crippen molar-refractivity contribution in [3.05, 3.63) is 17.6 Å². The van der Waals surface area contributed by atoms with Gasteiger partial charge in [0, 0.05) is 31.0 Å². The van der Waals surface area contributed by atoms with E-state index < -0.39 is 15.3 Å². The molecule has 1 N–H and O–H groups in total. The molecule has 2 atom stereocenters. The highest BCUT2D eigenvalue weighted by Gasteiger charge is 2.39. The topological polar surface area (TPSA) is 111 Å². The minimum absolute atomic E-state index is 0.179. The fourth-order valence-electron chi connectivity index (χ4n) is 2.90. The number of nitrogens with zero attached hydrogens (tertiary/aromatic N) is 3. The van der Waals surface area contributed by atoms with Gasteiger partial charge in [-0.1, -0.05) is 0 Å². The van der Waals surface area contributed by atoms with Gasteiger partial charge in [0.15, 0.2) is 6.61 Å². The van der Waals surface area contributed by atoms with Crippen LogP contribution in [0.2, 0.25) is 0 Å². The Hall–Kier alpha value is -1.78. The number of hydrogen-bond acceptors (Lipinski definition) is 7. The SMILES string of the molecule is COC[C@H]1[C@@H](NS(=O)(=O)C(C)C)CCN1C(=O)COc1ncnc(C)c1C. The number of methoxy groups -OCH3 is 1. The molecule has 0 radical (unpaired) electrons. The molecule has 152 valence electrons. The molecule has 1 fully saturated rings. The Kier molecular flexibility index (Phi) is 7.12. The van der Waals surface area contributed by atoms with Crippen LogP contribution < -0.4 is 9.46 Å². The van der Waals surface area contributed by atoms with Gasteiger partial charge in [0.25, 0.3) is 5.91 Å². The summed E-state index contributed by atoms with van der Waals surface area (Å²) in [6.07, 6.45) is 1.92. The number of likely N-dealkylation sites (tertiary alicyclic amines) is 1. The molecule has 0 unspecified atom stereocenters. The summed E-state index contributed by atoms with van der Waals surface area (Å²) in [4.78, 5) is 22.4. The van der Waals surface area contributed by atoms with Crippen molar-refractivity contribution < 1.29 is 22.7 Å². The highest BCUT2D eigenvalue weighted by molar-refractivity contribution is 7.90. The van der Waals surface area contributed by atoms with Crippen molar-refractivity contribution in [1.29, 1.82) is 0 Å². The third-order valence-electron chi connectivity index (χ3n) is 4.76. The zero-order valence-corrected chi connectivity index (χ0v) is 17.2. The average Bonchev–Trinajstić information content (AvgIpc) is 2.98. The van der Waals surface area contributed by atoms with Crippen molar-refractivity contribution >= 4 is 15.9 Å². The molecule has 2 rings (SSSR count). The molecule has 1 amide bonds. The lowest BCUT2D eigenvalue weighted by molar-refractivity contribution is -0.135. The molecule has 1 aromatic heterocycles. The lowest BCUT2D eigenvalue weighted by Gasteiger charge is -2.28. The molecule has 1 aliphatic rings. The fourth-order valence-corrected chi connectivity index (χ4v) is 3.87. The van der Waals surface area contributed by atoms with E-state index in [0.717, 1.165) is 11.3 Å². The summed E-state index contributed by atoms with van der Waals surface area (Å²) in [5.41, 5.74) is 1.57. The molecule has 0 aliphatic carbocycles. The Morgan fingerprint density at radius 2 is 2.07 bits per heavy atom. The number of hydrogen-bond donors (Lipinski definition) is 1. The Morgan fingerprint density at radius 1 is 1.37 bits per heavy atom. The third-order valence-corrected chi connectivity index (χ3v) is 6.63. The van der Waals surface area contributed by atoms with Crippen molar-refractivity contribution in [3.63, 3.8) is 0 Å². The Morgan fingerprint density at radius 3 is 2.70 bits per heavy atom. The van der Waals surface area contributed by atoms with E-state index in [1.165, 1.54) is 13.4 Å². The number of nitrogens with one attached hydrogen (secondary N) is 1. The Labute approximate surface area is 160 Å². The number of aryl methyl sites for hydroxylation is 1. The van der Waals surface area contributed by atoms with Crippen LogP contribution in [-0.4, -0.2) is 73.4 Å². The van der Waals surface area contributed by atoms with Crippen molar-refractivity contribution in [2.75, 3.05) is 26.9 Å². The molecule has 1 aromatic rings. The van der Waals surface area contributed by atoms with Gasteiger partial charge in [-0.25, -0.2) is 23.1 Å². The van der Waals surface area contributed by atoms with E-state index in [9.17, 15) is 13.2 Å². The summed E-state index contributed by atoms with van der Waals surface area (Å²) in [6, 6.07) is -0.766. The van der Waals surface area contributed by atoms with Crippen LogP contribution >= 0.6 is 0 Å². The minimum Gasteiger partial charge on any atom is -0.467 e. The van der Waals surface area contributed by atoms with Crippen LogP contribution in [0.25, 0.3) is 0 Å². The summed E-state index contributed by atoms with van der Waals surface area (Å²) < 4.78 is 37.9. The summed E-state index contributed by atoms with van der Waals surface area (Å²) in [7, 11) is -1.91. The maximum atomic E-state index is 12.7. The molecule has 2 heterocycles. The van der Waals surface area contributed by atoms with Gasteiger partial charge in [0.2, 0.25) is 15.9 Å². The van der Waals surface area contributed by atoms with E-state index in [2.05, 4.69) is 14.7 Å². The number of carbonyl (C=O) groups excluding carboxylic acids is 1. The normalized spacial score (nSPS) is 20.3. The second-order valence-electron chi connectivity index (χ2n) is 6.89. The van der Waals surface area contributed by atoms with Crippen LogP contribution in [0.1, 0.15) is 31.5 Å². The molecule has 0 spiro atoms. The first kappa shape index (κ1) is 21.5.